The molecule has 2 aromatic rings. The molecule has 0 bridgehead atoms. The molecule has 0 aliphatic rings. The predicted molar refractivity (Wildman–Crippen MR) is 81.6 cm³/mol. The summed E-state index contributed by atoms with van der Waals surface area (Å²) in [5.74, 6) is 0. The number of nitrogens with zero attached hydrogens (tertiary/aromatic N) is 1. The molecule has 2 aromatic carbocycles. The van der Waals surface area contributed by atoms with Gasteiger partial charge in [-0.25, -0.2) is 0 Å². The fraction of sp³-hybridized carbons (Fsp3) is 0.143. The van der Waals surface area contributed by atoms with Crippen molar-refractivity contribution in [3.63, 3.8) is 0 Å². The highest BCUT2D eigenvalue weighted by atomic mass is 35.5. The van der Waals surface area contributed by atoms with Crippen molar-refractivity contribution in [2.45, 2.75) is 13.5 Å². The standard InChI is InChI=1S/C14H12Cl2N2O2/c1-9-2-3-10(6-12(9)16)8-17-13-5-4-11(15)7-14(13)18(19)20/h2-7,17H,8H2,1H3. The van der Waals surface area contributed by atoms with Gasteiger partial charge in [-0.1, -0.05) is 35.3 Å². The second kappa shape index (κ2) is 6.11. The highest BCUT2D eigenvalue weighted by Crippen LogP contribution is 2.28. The van der Waals surface area contributed by atoms with E-state index in [0.717, 1.165) is 11.1 Å². The van der Waals surface area contributed by atoms with Crippen LogP contribution in [0, 0.1) is 17.0 Å². The fourth-order valence-electron chi connectivity index (χ4n) is 1.75. The van der Waals surface area contributed by atoms with E-state index in [1.165, 1.54) is 6.07 Å². The maximum Gasteiger partial charge on any atom is 0.293 e. The van der Waals surface area contributed by atoms with Gasteiger partial charge in [-0.05, 0) is 36.2 Å². The molecule has 2 rings (SSSR count). The molecule has 0 atom stereocenters. The third-order valence-electron chi connectivity index (χ3n) is 2.88. The largest absolute Gasteiger partial charge is 0.375 e. The van der Waals surface area contributed by atoms with Crippen LogP contribution in [0.25, 0.3) is 0 Å². The molecule has 20 heavy (non-hydrogen) atoms. The Balaban J connectivity index is 2.18. The Hall–Kier alpha value is -1.78. The summed E-state index contributed by atoms with van der Waals surface area (Å²) in [4.78, 5) is 10.5. The molecule has 4 nitrogen and oxygen atoms in total. The molecule has 0 unspecified atom stereocenters. The minimum atomic E-state index is -0.462. The second-order valence-electron chi connectivity index (χ2n) is 4.36. The summed E-state index contributed by atoms with van der Waals surface area (Å²) in [7, 11) is 0. The Labute approximate surface area is 126 Å². The molecule has 0 saturated carbocycles. The number of nitro benzene ring substituents is 1. The summed E-state index contributed by atoms with van der Waals surface area (Å²) in [5, 5.41) is 15.0. The smallest absolute Gasteiger partial charge is 0.293 e. The first-order valence-electron chi connectivity index (χ1n) is 5.90. The number of rotatable bonds is 4. The molecule has 0 spiro atoms. The average molecular weight is 311 g/mol. The molecule has 0 heterocycles. The van der Waals surface area contributed by atoms with Gasteiger partial charge in [0.15, 0.2) is 0 Å². The monoisotopic (exact) mass is 310 g/mol. The molecule has 0 fully saturated rings. The van der Waals surface area contributed by atoms with Crippen molar-refractivity contribution in [1.29, 1.82) is 0 Å². The van der Waals surface area contributed by atoms with Gasteiger partial charge >= 0.3 is 0 Å². The number of anilines is 1. The van der Waals surface area contributed by atoms with Crippen molar-refractivity contribution in [3.05, 3.63) is 67.7 Å². The van der Waals surface area contributed by atoms with Gasteiger partial charge in [-0.2, -0.15) is 0 Å². The van der Waals surface area contributed by atoms with E-state index in [4.69, 9.17) is 23.2 Å². The molecule has 104 valence electrons. The molecule has 0 aliphatic carbocycles. The first-order chi connectivity index (χ1) is 9.47. The lowest BCUT2D eigenvalue weighted by Gasteiger charge is -2.08. The van der Waals surface area contributed by atoms with Crippen molar-refractivity contribution >= 4 is 34.6 Å². The highest BCUT2D eigenvalue weighted by molar-refractivity contribution is 6.31. The zero-order valence-corrected chi connectivity index (χ0v) is 12.2. The molecular weight excluding hydrogens is 299 g/mol. The topological polar surface area (TPSA) is 55.2 Å². The number of halogens is 2. The number of hydrogen-bond acceptors (Lipinski definition) is 3. The summed E-state index contributed by atoms with van der Waals surface area (Å²) < 4.78 is 0. The Kier molecular flexibility index (Phi) is 4.47. The van der Waals surface area contributed by atoms with Crippen molar-refractivity contribution in [3.8, 4) is 0 Å². The first-order valence-corrected chi connectivity index (χ1v) is 6.66. The van der Waals surface area contributed by atoms with Gasteiger partial charge in [0.2, 0.25) is 0 Å². The highest BCUT2D eigenvalue weighted by Gasteiger charge is 2.13. The molecule has 1 N–H and O–H groups in total. The van der Waals surface area contributed by atoms with Crippen molar-refractivity contribution in [1.82, 2.24) is 0 Å². The van der Waals surface area contributed by atoms with Crippen LogP contribution >= 0.6 is 23.2 Å². The third-order valence-corrected chi connectivity index (χ3v) is 3.52. The summed E-state index contributed by atoms with van der Waals surface area (Å²) in [6.45, 7) is 2.37. The minimum Gasteiger partial charge on any atom is -0.375 e. The lowest BCUT2D eigenvalue weighted by atomic mass is 10.1. The fourth-order valence-corrected chi connectivity index (χ4v) is 2.12. The molecule has 0 saturated heterocycles. The van der Waals surface area contributed by atoms with Crippen LogP contribution in [-0.4, -0.2) is 4.92 Å². The quantitative estimate of drug-likeness (QED) is 0.650. The summed E-state index contributed by atoms with van der Waals surface area (Å²) >= 11 is 11.8. The molecule has 0 amide bonds. The van der Waals surface area contributed by atoms with Crippen molar-refractivity contribution in [2.75, 3.05) is 5.32 Å². The van der Waals surface area contributed by atoms with Crippen molar-refractivity contribution in [2.24, 2.45) is 0 Å². The van der Waals surface area contributed by atoms with Crippen LogP contribution in [0.15, 0.2) is 36.4 Å². The average Bonchev–Trinajstić information content (AvgIpc) is 2.41. The van der Waals surface area contributed by atoms with Gasteiger partial charge in [0.1, 0.15) is 5.69 Å². The van der Waals surface area contributed by atoms with Crippen LogP contribution in [0.3, 0.4) is 0 Å². The number of nitro groups is 1. The maximum atomic E-state index is 11.0. The van der Waals surface area contributed by atoms with Crippen molar-refractivity contribution < 1.29 is 4.92 Å². The molecule has 6 heteroatoms. The van der Waals surface area contributed by atoms with Crippen LogP contribution in [0.5, 0.6) is 0 Å². The van der Waals surface area contributed by atoms with Crippen LogP contribution in [0.2, 0.25) is 10.0 Å². The van der Waals surface area contributed by atoms with E-state index in [-0.39, 0.29) is 5.69 Å². The summed E-state index contributed by atoms with van der Waals surface area (Å²) in [6.07, 6.45) is 0. The lowest BCUT2D eigenvalue weighted by molar-refractivity contribution is -0.383. The van der Waals surface area contributed by atoms with Gasteiger partial charge in [-0.3, -0.25) is 10.1 Å². The molecular formula is C14H12Cl2N2O2. The van der Waals surface area contributed by atoms with E-state index in [2.05, 4.69) is 5.32 Å². The summed E-state index contributed by atoms with van der Waals surface area (Å²) in [6, 6.07) is 10.2. The van der Waals surface area contributed by atoms with Gasteiger partial charge in [0.25, 0.3) is 5.69 Å². The second-order valence-corrected chi connectivity index (χ2v) is 5.20. The van der Waals surface area contributed by atoms with E-state index < -0.39 is 4.92 Å². The minimum absolute atomic E-state index is 0.0456. The molecule has 0 radical (unpaired) electrons. The third kappa shape index (κ3) is 3.40. The van der Waals surface area contributed by atoms with E-state index in [1.807, 2.05) is 25.1 Å². The van der Waals surface area contributed by atoms with Crippen LogP contribution in [0.1, 0.15) is 11.1 Å². The van der Waals surface area contributed by atoms with Gasteiger partial charge < -0.3 is 5.32 Å². The van der Waals surface area contributed by atoms with Gasteiger partial charge in [0, 0.05) is 22.7 Å². The zero-order chi connectivity index (χ0) is 14.7. The van der Waals surface area contributed by atoms with Crippen LogP contribution in [0.4, 0.5) is 11.4 Å². The van der Waals surface area contributed by atoms with E-state index in [9.17, 15) is 10.1 Å². The predicted octanol–water partition coefficient (Wildman–Crippen LogP) is 4.82. The summed E-state index contributed by atoms with van der Waals surface area (Å²) in [5.41, 5.74) is 2.32. The Morgan fingerprint density at radius 2 is 1.95 bits per heavy atom. The number of hydrogen-bond donors (Lipinski definition) is 1. The number of benzene rings is 2. The zero-order valence-electron chi connectivity index (χ0n) is 10.7. The van der Waals surface area contributed by atoms with Gasteiger partial charge in [0.05, 0.1) is 4.92 Å². The first kappa shape index (κ1) is 14.6. The SMILES string of the molecule is Cc1ccc(CNc2ccc(Cl)cc2[N+](=O)[O-])cc1Cl. The van der Waals surface area contributed by atoms with Gasteiger partial charge in [-0.15, -0.1) is 0 Å². The van der Waals surface area contributed by atoms with Crippen LogP contribution in [-0.2, 0) is 6.54 Å². The maximum absolute atomic E-state index is 11.0. The number of nitrogens with one attached hydrogen (secondary N) is 1. The number of aryl methyl sites for hydroxylation is 1. The molecule has 0 aromatic heterocycles. The van der Waals surface area contributed by atoms with E-state index >= 15 is 0 Å². The molecule has 0 aliphatic heterocycles. The Bertz CT molecular complexity index is 660. The van der Waals surface area contributed by atoms with E-state index in [1.54, 1.807) is 12.1 Å². The van der Waals surface area contributed by atoms with E-state index in [0.29, 0.717) is 22.3 Å². The van der Waals surface area contributed by atoms with Crippen LogP contribution < -0.4 is 5.32 Å². The lowest BCUT2D eigenvalue weighted by Crippen LogP contribution is -2.02. The Morgan fingerprint density at radius 3 is 2.60 bits per heavy atom. The normalized spacial score (nSPS) is 10.3. The Morgan fingerprint density at radius 1 is 1.20 bits per heavy atom.